The Bertz CT molecular complexity index is 722. The Morgan fingerprint density at radius 3 is 2.57 bits per heavy atom. The van der Waals surface area contributed by atoms with Gasteiger partial charge in [0.05, 0.1) is 10.2 Å². The van der Waals surface area contributed by atoms with Gasteiger partial charge in [-0.25, -0.2) is 8.42 Å². The second-order valence-electron chi connectivity index (χ2n) is 4.39. The van der Waals surface area contributed by atoms with Crippen LogP contribution in [0.1, 0.15) is 5.56 Å². The zero-order chi connectivity index (χ0) is 15.5. The molecule has 0 saturated heterocycles. The molecule has 2 aromatic rings. The minimum Gasteiger partial charge on any atom is -0.322 e. The predicted octanol–water partition coefficient (Wildman–Crippen LogP) is 1.95. The number of benzene rings is 1. The molecule has 1 aromatic carbocycles. The van der Waals surface area contributed by atoms with Gasteiger partial charge < -0.3 is 5.43 Å². The topological polar surface area (TPSA) is 88.3 Å². The zero-order valence-electron chi connectivity index (χ0n) is 11.3. The fourth-order valence-electron chi connectivity index (χ4n) is 1.85. The van der Waals surface area contributed by atoms with E-state index < -0.39 is 10.0 Å². The predicted molar refractivity (Wildman–Crippen MR) is 84.8 cm³/mol. The highest BCUT2D eigenvalue weighted by molar-refractivity contribution is 9.10. The number of pyridine rings is 1. The van der Waals surface area contributed by atoms with E-state index >= 15 is 0 Å². The molecule has 0 radical (unpaired) electrons. The quantitative estimate of drug-likeness (QED) is 0.620. The maximum absolute atomic E-state index is 12.6. The Kier molecular flexibility index (Phi) is 4.94. The Balaban J connectivity index is 2.36. The first-order valence-corrected chi connectivity index (χ1v) is 8.30. The van der Waals surface area contributed by atoms with E-state index in [1.165, 1.54) is 23.7 Å². The number of aromatic nitrogens is 1. The van der Waals surface area contributed by atoms with Crippen LogP contribution in [-0.2, 0) is 16.6 Å². The first-order valence-electron chi connectivity index (χ1n) is 6.07. The smallest absolute Gasteiger partial charge is 0.246 e. The van der Waals surface area contributed by atoms with Crippen molar-refractivity contribution in [3.8, 4) is 0 Å². The van der Waals surface area contributed by atoms with Crippen molar-refractivity contribution in [3.05, 3.63) is 52.8 Å². The molecule has 1 heterocycles. The van der Waals surface area contributed by atoms with E-state index in [0.29, 0.717) is 4.47 Å². The number of nitrogens with zero attached hydrogens (tertiary/aromatic N) is 2. The molecular weight excluding hydrogens is 356 g/mol. The number of rotatable bonds is 5. The van der Waals surface area contributed by atoms with Gasteiger partial charge in [-0.15, -0.1) is 0 Å². The number of hydrazine groups is 1. The standard InChI is InChI=1S/C13H15BrN4O2S/c1-18(9-10-5-3-2-4-6-10)21(19,20)12-8-16-7-11(14)13(12)17-15/h2-8H,9,15H2,1H3,(H,16,17). The summed E-state index contributed by atoms with van der Waals surface area (Å²) >= 11 is 3.23. The number of sulfonamides is 1. The van der Waals surface area contributed by atoms with Gasteiger partial charge in [0.2, 0.25) is 10.0 Å². The average molecular weight is 371 g/mol. The summed E-state index contributed by atoms with van der Waals surface area (Å²) in [6.45, 7) is 0.264. The summed E-state index contributed by atoms with van der Waals surface area (Å²) in [4.78, 5) is 3.93. The number of nitrogens with two attached hydrogens (primary N) is 1. The van der Waals surface area contributed by atoms with Gasteiger partial charge in [-0.2, -0.15) is 4.31 Å². The lowest BCUT2D eigenvalue weighted by atomic mass is 10.2. The molecule has 0 saturated carbocycles. The molecule has 0 bridgehead atoms. The number of halogens is 1. The van der Waals surface area contributed by atoms with Crippen LogP contribution in [-0.4, -0.2) is 24.8 Å². The molecule has 0 unspecified atom stereocenters. The Labute approximate surface area is 132 Å². The third-order valence-electron chi connectivity index (χ3n) is 2.95. The third-order valence-corrected chi connectivity index (χ3v) is 5.36. The monoisotopic (exact) mass is 370 g/mol. The van der Waals surface area contributed by atoms with Crippen LogP contribution in [0.25, 0.3) is 0 Å². The van der Waals surface area contributed by atoms with Gasteiger partial charge in [-0.3, -0.25) is 10.8 Å². The largest absolute Gasteiger partial charge is 0.322 e. The molecule has 8 heteroatoms. The van der Waals surface area contributed by atoms with Crippen LogP contribution in [0.15, 0.2) is 52.1 Å². The van der Waals surface area contributed by atoms with Crippen LogP contribution in [0.3, 0.4) is 0 Å². The number of hydrogen-bond donors (Lipinski definition) is 2. The van der Waals surface area contributed by atoms with E-state index in [9.17, 15) is 8.42 Å². The van der Waals surface area contributed by atoms with Gasteiger partial charge in [-0.05, 0) is 21.5 Å². The summed E-state index contributed by atoms with van der Waals surface area (Å²) < 4.78 is 27.0. The molecule has 0 aliphatic heterocycles. The minimum atomic E-state index is -3.70. The van der Waals surface area contributed by atoms with Crippen LogP contribution in [0.4, 0.5) is 5.69 Å². The molecule has 112 valence electrons. The number of nitrogens with one attached hydrogen (secondary N) is 1. The number of nitrogen functional groups attached to an aromatic ring is 1. The summed E-state index contributed by atoms with van der Waals surface area (Å²) in [6.07, 6.45) is 2.75. The van der Waals surface area contributed by atoms with E-state index in [1.54, 1.807) is 0 Å². The second kappa shape index (κ2) is 6.52. The van der Waals surface area contributed by atoms with Crippen LogP contribution >= 0.6 is 15.9 Å². The summed E-state index contributed by atoms with van der Waals surface area (Å²) in [5.41, 5.74) is 3.58. The first-order chi connectivity index (χ1) is 9.96. The highest BCUT2D eigenvalue weighted by atomic mass is 79.9. The van der Waals surface area contributed by atoms with Gasteiger partial charge in [0.15, 0.2) is 0 Å². The maximum Gasteiger partial charge on any atom is 0.246 e. The van der Waals surface area contributed by atoms with Crippen molar-refractivity contribution in [1.29, 1.82) is 0 Å². The van der Waals surface area contributed by atoms with Crippen molar-refractivity contribution < 1.29 is 8.42 Å². The molecule has 6 nitrogen and oxygen atoms in total. The lowest BCUT2D eigenvalue weighted by Gasteiger charge is -2.19. The Morgan fingerprint density at radius 2 is 1.95 bits per heavy atom. The minimum absolute atomic E-state index is 0.0257. The van der Waals surface area contributed by atoms with Crippen molar-refractivity contribution in [2.24, 2.45) is 5.84 Å². The molecule has 0 aliphatic carbocycles. The van der Waals surface area contributed by atoms with Gasteiger partial charge in [0, 0.05) is 26.0 Å². The highest BCUT2D eigenvalue weighted by Crippen LogP contribution is 2.29. The average Bonchev–Trinajstić information content (AvgIpc) is 2.48. The van der Waals surface area contributed by atoms with Crippen molar-refractivity contribution >= 4 is 31.6 Å². The summed E-state index contributed by atoms with van der Waals surface area (Å²) in [6, 6.07) is 9.35. The maximum atomic E-state index is 12.6. The summed E-state index contributed by atoms with van der Waals surface area (Å²) in [7, 11) is -2.19. The summed E-state index contributed by atoms with van der Waals surface area (Å²) in [5.74, 6) is 5.41. The van der Waals surface area contributed by atoms with Crippen LogP contribution in [0, 0.1) is 0 Å². The molecule has 2 rings (SSSR count). The third kappa shape index (κ3) is 3.41. The van der Waals surface area contributed by atoms with E-state index in [4.69, 9.17) is 5.84 Å². The van der Waals surface area contributed by atoms with Gasteiger partial charge in [-0.1, -0.05) is 30.3 Å². The lowest BCUT2D eigenvalue weighted by molar-refractivity contribution is 0.466. The fraction of sp³-hybridized carbons (Fsp3) is 0.154. The van der Waals surface area contributed by atoms with Gasteiger partial charge >= 0.3 is 0 Å². The molecule has 3 N–H and O–H groups in total. The molecule has 21 heavy (non-hydrogen) atoms. The van der Waals surface area contributed by atoms with E-state index in [1.807, 2.05) is 30.3 Å². The van der Waals surface area contributed by atoms with Crippen LogP contribution in [0.2, 0.25) is 0 Å². The van der Waals surface area contributed by atoms with E-state index in [2.05, 4.69) is 26.3 Å². The van der Waals surface area contributed by atoms with Crippen LogP contribution < -0.4 is 11.3 Å². The molecule has 0 atom stereocenters. The molecule has 0 spiro atoms. The lowest BCUT2D eigenvalue weighted by Crippen LogP contribution is -2.28. The van der Waals surface area contributed by atoms with Crippen molar-refractivity contribution in [3.63, 3.8) is 0 Å². The highest BCUT2D eigenvalue weighted by Gasteiger charge is 2.25. The molecule has 0 fully saturated rings. The summed E-state index contributed by atoms with van der Waals surface area (Å²) in [5, 5.41) is 0. The van der Waals surface area contributed by atoms with Gasteiger partial charge in [0.25, 0.3) is 0 Å². The normalized spacial score (nSPS) is 11.6. The first kappa shape index (κ1) is 15.9. The molecule has 0 aliphatic rings. The van der Waals surface area contributed by atoms with E-state index in [-0.39, 0.29) is 17.1 Å². The van der Waals surface area contributed by atoms with Crippen molar-refractivity contribution in [1.82, 2.24) is 9.29 Å². The molecule has 0 amide bonds. The number of hydrogen-bond acceptors (Lipinski definition) is 5. The molecule has 1 aromatic heterocycles. The second-order valence-corrected chi connectivity index (χ2v) is 7.25. The zero-order valence-corrected chi connectivity index (χ0v) is 13.7. The Morgan fingerprint density at radius 1 is 1.29 bits per heavy atom. The Hall–Kier alpha value is -1.48. The van der Waals surface area contributed by atoms with E-state index in [0.717, 1.165) is 5.56 Å². The van der Waals surface area contributed by atoms with Crippen molar-refractivity contribution in [2.75, 3.05) is 12.5 Å². The fourth-order valence-corrected chi connectivity index (χ4v) is 3.70. The van der Waals surface area contributed by atoms with Crippen LogP contribution in [0.5, 0.6) is 0 Å². The SMILES string of the molecule is CN(Cc1ccccc1)S(=O)(=O)c1cncc(Br)c1NN. The van der Waals surface area contributed by atoms with Gasteiger partial charge in [0.1, 0.15) is 4.90 Å². The molecular formula is C13H15BrN4O2S. The van der Waals surface area contributed by atoms with Crippen molar-refractivity contribution in [2.45, 2.75) is 11.4 Å². The number of anilines is 1.